The van der Waals surface area contributed by atoms with Gasteiger partial charge in [0.25, 0.3) is 0 Å². The summed E-state index contributed by atoms with van der Waals surface area (Å²) < 4.78 is 6.08. The molecule has 0 aromatic heterocycles. The molecule has 0 spiro atoms. The van der Waals surface area contributed by atoms with Gasteiger partial charge in [0.1, 0.15) is 0 Å². The highest BCUT2D eigenvalue weighted by Crippen LogP contribution is 2.34. The minimum Gasteiger partial charge on any atom is -0.376 e. The number of hydrogen-bond donors (Lipinski definition) is 1. The van der Waals surface area contributed by atoms with Crippen LogP contribution in [0.15, 0.2) is 54.6 Å². The molecule has 0 atom stereocenters. The highest BCUT2D eigenvalue weighted by atomic mass is 16.5. The lowest BCUT2D eigenvalue weighted by molar-refractivity contribution is 0.0565. The molecule has 2 aromatic carbocycles. The molecule has 3 rings (SSSR count). The van der Waals surface area contributed by atoms with Crippen LogP contribution in [0.4, 0.5) is 0 Å². The van der Waals surface area contributed by atoms with Gasteiger partial charge in [-0.1, -0.05) is 42.5 Å². The first-order valence-electron chi connectivity index (χ1n) is 8.15. The second-order valence-electron chi connectivity index (χ2n) is 6.20. The van der Waals surface area contributed by atoms with E-state index in [0.29, 0.717) is 12.2 Å². The zero-order valence-electron chi connectivity index (χ0n) is 13.3. The van der Waals surface area contributed by atoms with Crippen molar-refractivity contribution in [2.45, 2.75) is 24.9 Å². The summed E-state index contributed by atoms with van der Waals surface area (Å²) in [5.41, 5.74) is 3.29. The smallest absolute Gasteiger partial charge is 0.0991 e. The van der Waals surface area contributed by atoms with Crippen molar-refractivity contribution in [3.05, 3.63) is 71.3 Å². The van der Waals surface area contributed by atoms with Crippen molar-refractivity contribution >= 4 is 0 Å². The summed E-state index contributed by atoms with van der Waals surface area (Å²) in [6, 6.07) is 20.5. The van der Waals surface area contributed by atoms with Gasteiger partial charge in [0, 0.05) is 5.41 Å². The van der Waals surface area contributed by atoms with Crippen molar-refractivity contribution in [3.63, 3.8) is 0 Å². The zero-order valence-corrected chi connectivity index (χ0v) is 13.3. The average Bonchev–Trinajstić information content (AvgIpc) is 2.64. The van der Waals surface area contributed by atoms with Crippen molar-refractivity contribution in [2.24, 2.45) is 0 Å². The maximum atomic E-state index is 8.85. The third-order valence-corrected chi connectivity index (χ3v) is 4.68. The monoisotopic (exact) mass is 306 g/mol. The lowest BCUT2D eigenvalue weighted by Crippen LogP contribution is -2.43. The Balaban J connectivity index is 1.66. The van der Waals surface area contributed by atoms with Gasteiger partial charge in [0.05, 0.1) is 24.8 Å². The maximum absolute atomic E-state index is 8.85. The number of piperidine rings is 1. The van der Waals surface area contributed by atoms with Gasteiger partial charge in [-0.25, -0.2) is 0 Å². The normalized spacial score (nSPS) is 16.7. The van der Waals surface area contributed by atoms with E-state index >= 15 is 0 Å². The fourth-order valence-corrected chi connectivity index (χ4v) is 3.25. The van der Waals surface area contributed by atoms with Crippen molar-refractivity contribution in [2.75, 3.05) is 19.7 Å². The lowest BCUT2D eigenvalue weighted by Gasteiger charge is -2.38. The van der Waals surface area contributed by atoms with Crippen LogP contribution in [0, 0.1) is 11.3 Å². The van der Waals surface area contributed by atoms with Gasteiger partial charge in [0.2, 0.25) is 0 Å². The topological polar surface area (TPSA) is 45.0 Å². The third-order valence-electron chi connectivity index (χ3n) is 4.68. The predicted molar refractivity (Wildman–Crippen MR) is 91.0 cm³/mol. The number of nitrogens with one attached hydrogen (secondary N) is 1. The quantitative estimate of drug-likeness (QED) is 0.921. The largest absolute Gasteiger partial charge is 0.376 e. The van der Waals surface area contributed by atoms with E-state index in [1.807, 2.05) is 24.3 Å². The van der Waals surface area contributed by atoms with Crippen LogP contribution < -0.4 is 5.32 Å². The first-order valence-corrected chi connectivity index (χ1v) is 8.15. The summed E-state index contributed by atoms with van der Waals surface area (Å²) in [6.45, 7) is 3.40. The summed E-state index contributed by atoms with van der Waals surface area (Å²) in [5, 5.41) is 12.3. The first-order chi connectivity index (χ1) is 11.3. The number of benzene rings is 2. The summed E-state index contributed by atoms with van der Waals surface area (Å²) in [5.74, 6) is 0. The highest BCUT2D eigenvalue weighted by molar-refractivity contribution is 5.31. The van der Waals surface area contributed by atoms with Crippen LogP contribution in [0.3, 0.4) is 0 Å². The molecule has 118 valence electrons. The molecule has 1 aliphatic rings. The fraction of sp³-hybridized carbons (Fsp3) is 0.350. The Morgan fingerprint density at radius 1 is 1.00 bits per heavy atom. The van der Waals surface area contributed by atoms with E-state index in [0.717, 1.165) is 38.1 Å². The molecule has 1 N–H and O–H groups in total. The SMILES string of the molecule is N#Cc1ccc(COCC2(c3ccccc3)CCNCC2)cc1. The number of hydrogen-bond acceptors (Lipinski definition) is 3. The van der Waals surface area contributed by atoms with E-state index in [1.165, 1.54) is 5.56 Å². The molecule has 0 bridgehead atoms. The molecule has 1 aliphatic heterocycles. The van der Waals surface area contributed by atoms with E-state index in [1.54, 1.807) is 0 Å². The Bertz CT molecular complexity index is 652. The molecule has 3 heteroatoms. The molecule has 0 unspecified atom stereocenters. The van der Waals surface area contributed by atoms with E-state index in [-0.39, 0.29) is 5.41 Å². The summed E-state index contributed by atoms with van der Waals surface area (Å²) in [7, 11) is 0. The number of ether oxygens (including phenoxy) is 1. The Labute approximate surface area is 137 Å². The lowest BCUT2D eigenvalue weighted by atomic mass is 9.74. The van der Waals surface area contributed by atoms with Gasteiger partial charge >= 0.3 is 0 Å². The van der Waals surface area contributed by atoms with Crippen molar-refractivity contribution < 1.29 is 4.74 Å². The molecule has 0 radical (unpaired) electrons. The van der Waals surface area contributed by atoms with Crippen LogP contribution >= 0.6 is 0 Å². The first kappa shape index (κ1) is 15.7. The Kier molecular flexibility index (Phi) is 5.07. The fourth-order valence-electron chi connectivity index (χ4n) is 3.25. The minimum absolute atomic E-state index is 0.110. The van der Waals surface area contributed by atoms with Crippen LogP contribution in [0.1, 0.15) is 29.5 Å². The van der Waals surface area contributed by atoms with E-state index < -0.39 is 0 Å². The molecule has 1 heterocycles. The van der Waals surface area contributed by atoms with Gasteiger partial charge in [-0.15, -0.1) is 0 Å². The molecular formula is C20H22N2O. The van der Waals surface area contributed by atoms with Gasteiger partial charge in [-0.05, 0) is 49.2 Å². The number of nitrogens with zero attached hydrogens (tertiary/aromatic N) is 1. The van der Waals surface area contributed by atoms with Crippen molar-refractivity contribution in [1.29, 1.82) is 5.26 Å². The summed E-state index contributed by atoms with van der Waals surface area (Å²) >= 11 is 0. The van der Waals surface area contributed by atoms with Gasteiger partial charge < -0.3 is 10.1 Å². The maximum Gasteiger partial charge on any atom is 0.0991 e. The predicted octanol–water partition coefficient (Wildman–Crippen LogP) is 3.40. The van der Waals surface area contributed by atoms with E-state index in [9.17, 15) is 0 Å². The number of nitriles is 1. The van der Waals surface area contributed by atoms with Crippen LogP contribution in [-0.2, 0) is 16.8 Å². The van der Waals surface area contributed by atoms with Crippen LogP contribution in [0.25, 0.3) is 0 Å². The Morgan fingerprint density at radius 2 is 1.70 bits per heavy atom. The third kappa shape index (κ3) is 3.79. The van der Waals surface area contributed by atoms with Gasteiger partial charge in [-0.3, -0.25) is 0 Å². The Hall–Kier alpha value is -2.15. The molecule has 0 amide bonds. The van der Waals surface area contributed by atoms with Gasteiger partial charge in [0.15, 0.2) is 0 Å². The molecule has 2 aromatic rings. The van der Waals surface area contributed by atoms with Crippen molar-refractivity contribution in [3.8, 4) is 6.07 Å². The second-order valence-corrected chi connectivity index (χ2v) is 6.20. The summed E-state index contributed by atoms with van der Waals surface area (Å²) in [4.78, 5) is 0. The standard InChI is InChI=1S/C20H22N2O/c21-14-17-6-8-18(9-7-17)15-23-16-20(10-12-22-13-11-20)19-4-2-1-3-5-19/h1-9,22H,10-13,15-16H2. The molecule has 1 fully saturated rings. The van der Waals surface area contributed by atoms with E-state index in [2.05, 4.69) is 41.7 Å². The van der Waals surface area contributed by atoms with E-state index in [4.69, 9.17) is 10.00 Å². The van der Waals surface area contributed by atoms with Crippen molar-refractivity contribution in [1.82, 2.24) is 5.32 Å². The molecule has 3 nitrogen and oxygen atoms in total. The minimum atomic E-state index is 0.110. The van der Waals surface area contributed by atoms with Crippen LogP contribution in [0.5, 0.6) is 0 Å². The zero-order chi connectivity index (χ0) is 16.0. The molecule has 1 saturated heterocycles. The summed E-state index contributed by atoms with van der Waals surface area (Å²) in [6.07, 6.45) is 2.20. The van der Waals surface area contributed by atoms with Crippen LogP contribution in [-0.4, -0.2) is 19.7 Å². The molecule has 0 saturated carbocycles. The van der Waals surface area contributed by atoms with Crippen LogP contribution in [0.2, 0.25) is 0 Å². The highest BCUT2D eigenvalue weighted by Gasteiger charge is 2.34. The Morgan fingerprint density at radius 3 is 2.35 bits per heavy atom. The average molecular weight is 306 g/mol. The molecule has 0 aliphatic carbocycles. The molecule has 23 heavy (non-hydrogen) atoms. The second kappa shape index (κ2) is 7.41. The molecular weight excluding hydrogens is 284 g/mol. The van der Waals surface area contributed by atoms with Gasteiger partial charge in [-0.2, -0.15) is 5.26 Å². The number of rotatable bonds is 5.